The lowest BCUT2D eigenvalue weighted by molar-refractivity contribution is 1.15. The highest BCUT2D eigenvalue weighted by Gasteiger charge is 2.24. The Kier molecular flexibility index (Phi) is 12.5. The molecule has 362 valence electrons. The van der Waals surface area contributed by atoms with Crippen molar-refractivity contribution in [1.29, 1.82) is 0 Å². The van der Waals surface area contributed by atoms with Crippen LogP contribution in [0.1, 0.15) is 22.3 Å². The van der Waals surface area contributed by atoms with Crippen LogP contribution >= 0.6 is 0 Å². The number of para-hydroxylation sites is 4. The number of rotatable bonds is 13. The molecule has 75 heavy (non-hydrogen) atoms. The van der Waals surface area contributed by atoms with Gasteiger partial charge in [0.1, 0.15) is 0 Å². The second kappa shape index (κ2) is 20.1. The molecule has 0 atom stereocenters. The van der Waals surface area contributed by atoms with Gasteiger partial charge in [0, 0.05) is 67.6 Å². The zero-order valence-electron chi connectivity index (χ0n) is 42.7. The lowest BCUT2D eigenvalue weighted by atomic mass is 10.1. The van der Waals surface area contributed by atoms with E-state index in [9.17, 15) is 0 Å². The molecule has 0 fully saturated rings. The van der Waals surface area contributed by atoms with E-state index in [1.807, 2.05) is 0 Å². The Labute approximate surface area is 440 Å². The van der Waals surface area contributed by atoms with E-state index < -0.39 is 0 Å². The smallest absolute Gasteiger partial charge is 0.0542 e. The van der Waals surface area contributed by atoms with E-state index in [1.54, 1.807) is 0 Å². The highest BCUT2D eigenvalue weighted by molar-refractivity contribution is 6.12. The minimum absolute atomic E-state index is 1.03. The number of hydrogen-bond acceptors (Lipinski definition) is 4. The summed E-state index contributed by atoms with van der Waals surface area (Å²) in [5, 5.41) is 2.28. The van der Waals surface area contributed by atoms with Gasteiger partial charge in [0.25, 0.3) is 0 Å². The Bertz CT molecular complexity index is 3710. The van der Waals surface area contributed by atoms with Crippen molar-refractivity contribution in [3.05, 3.63) is 295 Å². The number of nitrogens with zero attached hydrogens (tertiary/aromatic N) is 5. The SMILES string of the molecule is Cc1cccc(N(c2ccccc2)c2cc(N(c3ccccc3)c3cccc(C)c3)cc(-n3c4ccc(N(c5ccccc5)c5cccc(C)c5)cc4c4cc(N(c5ccccc5)c5cccc(C)c5)ccc43)c2)c1. The van der Waals surface area contributed by atoms with Crippen LogP contribution < -0.4 is 19.6 Å². The third-order valence-corrected chi connectivity index (χ3v) is 14.0. The molecule has 1 aromatic heterocycles. The summed E-state index contributed by atoms with van der Waals surface area (Å²) in [6.45, 7) is 8.66. The van der Waals surface area contributed by atoms with E-state index in [2.05, 4.69) is 325 Å². The molecule has 0 spiro atoms. The van der Waals surface area contributed by atoms with Crippen LogP contribution in [-0.2, 0) is 0 Å². The van der Waals surface area contributed by atoms with Crippen molar-refractivity contribution in [2.75, 3.05) is 19.6 Å². The fourth-order valence-electron chi connectivity index (χ4n) is 10.7. The van der Waals surface area contributed by atoms with Crippen molar-refractivity contribution < 1.29 is 0 Å². The van der Waals surface area contributed by atoms with Gasteiger partial charge < -0.3 is 24.2 Å². The quantitative estimate of drug-likeness (QED) is 0.115. The fraction of sp³-hybridized carbons (Fsp3) is 0.0571. The summed E-state index contributed by atoms with van der Waals surface area (Å²) in [7, 11) is 0. The van der Waals surface area contributed by atoms with Crippen molar-refractivity contribution >= 4 is 90.1 Å². The van der Waals surface area contributed by atoms with E-state index in [1.165, 1.54) is 22.3 Å². The number of anilines is 12. The molecule has 12 aromatic rings. The highest BCUT2D eigenvalue weighted by Crippen LogP contribution is 2.47. The Morgan fingerprint density at radius 2 is 0.480 bits per heavy atom. The van der Waals surface area contributed by atoms with E-state index in [4.69, 9.17) is 0 Å². The summed E-state index contributed by atoms with van der Waals surface area (Å²) in [6, 6.07) is 99.2. The summed E-state index contributed by atoms with van der Waals surface area (Å²) in [5.41, 5.74) is 20.9. The molecule has 0 saturated heterocycles. The van der Waals surface area contributed by atoms with Crippen LogP contribution in [0.3, 0.4) is 0 Å². The molecule has 0 aliphatic carbocycles. The molecule has 0 N–H and O–H groups in total. The Morgan fingerprint density at radius 1 is 0.213 bits per heavy atom. The standard InChI is InChI=1S/C70H57N5/c1-50-21-17-33-58(41-50)71(54-25-9-5-10-26-54)62-37-39-69-67(48-62)68-49-63(72(55-27-11-6-12-28-55)59-34-18-22-51(2)42-59)38-40-70(68)75(69)66-46-64(73(56-29-13-7-14-30-56)60-35-19-23-52(3)43-60)45-65(47-66)74(57-31-15-8-16-32-57)61-36-20-24-53(4)44-61/h5-49H,1-4H3. The number of aryl methyl sites for hydroxylation is 4. The topological polar surface area (TPSA) is 17.9 Å². The van der Waals surface area contributed by atoms with E-state index in [0.29, 0.717) is 0 Å². The van der Waals surface area contributed by atoms with Gasteiger partial charge in [0.15, 0.2) is 0 Å². The lowest BCUT2D eigenvalue weighted by Crippen LogP contribution is -2.14. The molecule has 5 nitrogen and oxygen atoms in total. The zero-order valence-corrected chi connectivity index (χ0v) is 42.7. The molecule has 5 heteroatoms. The molecule has 0 aliphatic rings. The van der Waals surface area contributed by atoms with E-state index >= 15 is 0 Å². The summed E-state index contributed by atoms with van der Waals surface area (Å²) in [4.78, 5) is 9.53. The van der Waals surface area contributed by atoms with Gasteiger partial charge in [0.05, 0.1) is 28.1 Å². The summed E-state index contributed by atoms with van der Waals surface area (Å²) in [6.07, 6.45) is 0. The largest absolute Gasteiger partial charge is 0.310 e. The summed E-state index contributed by atoms with van der Waals surface area (Å²) >= 11 is 0. The zero-order chi connectivity index (χ0) is 50.8. The molecule has 0 bridgehead atoms. The van der Waals surface area contributed by atoms with E-state index in [-0.39, 0.29) is 0 Å². The summed E-state index contributed by atoms with van der Waals surface area (Å²) < 4.78 is 2.48. The number of hydrogen-bond donors (Lipinski definition) is 0. The second-order valence-corrected chi connectivity index (χ2v) is 19.5. The minimum atomic E-state index is 1.03. The van der Waals surface area contributed by atoms with Crippen LogP contribution in [0.5, 0.6) is 0 Å². The highest BCUT2D eigenvalue weighted by atomic mass is 15.2. The minimum Gasteiger partial charge on any atom is -0.310 e. The first kappa shape index (κ1) is 46.5. The first-order chi connectivity index (χ1) is 36.8. The molecular weight excluding hydrogens is 911 g/mol. The van der Waals surface area contributed by atoms with Gasteiger partial charge in [-0.25, -0.2) is 0 Å². The molecule has 0 amide bonds. The van der Waals surface area contributed by atoms with Gasteiger partial charge in [0.2, 0.25) is 0 Å². The van der Waals surface area contributed by atoms with Crippen LogP contribution in [0.2, 0.25) is 0 Å². The van der Waals surface area contributed by atoms with Gasteiger partial charge in [-0.05, 0) is 202 Å². The maximum Gasteiger partial charge on any atom is 0.0542 e. The van der Waals surface area contributed by atoms with Gasteiger partial charge >= 0.3 is 0 Å². The monoisotopic (exact) mass is 967 g/mol. The molecule has 0 unspecified atom stereocenters. The van der Waals surface area contributed by atoms with Crippen molar-refractivity contribution in [2.45, 2.75) is 27.7 Å². The van der Waals surface area contributed by atoms with Crippen molar-refractivity contribution in [3.63, 3.8) is 0 Å². The first-order valence-corrected chi connectivity index (χ1v) is 25.7. The van der Waals surface area contributed by atoms with Crippen molar-refractivity contribution in [1.82, 2.24) is 4.57 Å². The second-order valence-electron chi connectivity index (χ2n) is 19.5. The fourth-order valence-corrected chi connectivity index (χ4v) is 10.7. The molecule has 0 radical (unpaired) electrons. The Hall–Kier alpha value is -9.58. The van der Waals surface area contributed by atoms with Gasteiger partial charge in [-0.3, -0.25) is 0 Å². The molecule has 11 aromatic carbocycles. The normalized spacial score (nSPS) is 11.2. The summed E-state index contributed by atoms with van der Waals surface area (Å²) in [5.74, 6) is 0. The van der Waals surface area contributed by atoms with Crippen LogP contribution in [0.25, 0.3) is 27.5 Å². The maximum atomic E-state index is 2.48. The number of aromatic nitrogens is 1. The van der Waals surface area contributed by atoms with Crippen LogP contribution in [0, 0.1) is 27.7 Å². The number of benzene rings is 11. The third kappa shape index (κ3) is 9.28. The maximum absolute atomic E-state index is 2.48. The lowest BCUT2D eigenvalue weighted by Gasteiger charge is -2.31. The van der Waals surface area contributed by atoms with Crippen molar-refractivity contribution in [2.24, 2.45) is 0 Å². The predicted octanol–water partition coefficient (Wildman–Crippen LogP) is 19.9. The Balaban J connectivity index is 1.17. The molecule has 1 heterocycles. The van der Waals surface area contributed by atoms with Crippen LogP contribution in [0.4, 0.5) is 68.2 Å². The molecule has 0 saturated carbocycles. The molecular formula is C70H57N5. The van der Waals surface area contributed by atoms with Gasteiger partial charge in [-0.1, -0.05) is 121 Å². The van der Waals surface area contributed by atoms with Crippen molar-refractivity contribution in [3.8, 4) is 5.69 Å². The molecule has 12 rings (SSSR count). The Morgan fingerprint density at radius 3 is 0.773 bits per heavy atom. The third-order valence-electron chi connectivity index (χ3n) is 14.0. The average molecular weight is 968 g/mol. The average Bonchev–Trinajstić information content (AvgIpc) is 3.83. The predicted molar refractivity (Wildman–Crippen MR) is 318 cm³/mol. The first-order valence-electron chi connectivity index (χ1n) is 25.7. The molecule has 0 aliphatic heterocycles. The van der Waals surface area contributed by atoms with E-state index in [0.717, 1.165) is 95.7 Å². The number of fused-ring (bicyclic) bond motifs is 3. The van der Waals surface area contributed by atoms with Crippen LogP contribution in [-0.4, -0.2) is 4.57 Å². The van der Waals surface area contributed by atoms with Gasteiger partial charge in [-0.15, -0.1) is 0 Å². The van der Waals surface area contributed by atoms with Crippen LogP contribution in [0.15, 0.2) is 273 Å². The van der Waals surface area contributed by atoms with Gasteiger partial charge in [-0.2, -0.15) is 0 Å².